The Bertz CT molecular complexity index is 695. The molecule has 0 fully saturated rings. The molecule has 0 unspecified atom stereocenters. The van der Waals surface area contributed by atoms with Crippen molar-refractivity contribution in [1.82, 2.24) is 0 Å². The highest BCUT2D eigenvalue weighted by molar-refractivity contribution is 7.76. The molecule has 0 atom stereocenters. The molecule has 33 heavy (non-hydrogen) atoms. The van der Waals surface area contributed by atoms with Crippen LogP contribution in [0.5, 0.6) is 0 Å². The largest absolute Gasteiger partial charge is 0.390 e. The molecule has 0 aliphatic carbocycles. The van der Waals surface area contributed by atoms with Crippen molar-refractivity contribution < 1.29 is 30.4 Å². The van der Waals surface area contributed by atoms with Crippen LogP contribution >= 0.6 is 15.2 Å². The minimum atomic E-state index is -4.23. The second-order valence-electron chi connectivity index (χ2n) is 13.2. The first-order valence-corrected chi connectivity index (χ1v) is 31.6. The van der Waals surface area contributed by atoms with E-state index in [0.29, 0.717) is 0 Å². The smallest absolute Gasteiger partial charge is 0.358 e. The van der Waals surface area contributed by atoms with E-state index >= 15 is 9.13 Å². The average Bonchev–Trinajstić information content (AvgIpc) is 2.35. The van der Waals surface area contributed by atoms with Gasteiger partial charge in [0, 0.05) is 0 Å². The summed E-state index contributed by atoms with van der Waals surface area (Å²) in [6.45, 7) is 30.9. The molecule has 0 amide bonds. The SMILES string of the molecule is CC=CC(O[Si](C)(C)C)(P(=O)(O[Si](C)(C)C)O[Si](C)(C)C)P(=O)(O[Si](C)(C)C)O[Si](C)(C)C. The Morgan fingerprint density at radius 1 is 0.515 bits per heavy atom. The first-order chi connectivity index (χ1) is 14.1. The van der Waals surface area contributed by atoms with Crippen LogP contribution in [0.4, 0.5) is 0 Å². The topological polar surface area (TPSA) is 80.3 Å². The third kappa shape index (κ3) is 11.3. The van der Waals surface area contributed by atoms with Gasteiger partial charge in [0.15, 0.2) is 41.6 Å². The minimum Gasteiger partial charge on any atom is -0.390 e. The van der Waals surface area contributed by atoms with Crippen LogP contribution in [0, 0.1) is 0 Å². The van der Waals surface area contributed by atoms with Gasteiger partial charge in [-0.2, -0.15) is 0 Å². The molecule has 0 rings (SSSR count). The Kier molecular flexibility index (Phi) is 11.2. The molecular formula is C19H50O7P2Si5. The van der Waals surface area contributed by atoms with Crippen LogP contribution in [0.3, 0.4) is 0 Å². The van der Waals surface area contributed by atoms with Crippen molar-refractivity contribution in [3.63, 3.8) is 0 Å². The van der Waals surface area contributed by atoms with Crippen LogP contribution < -0.4 is 0 Å². The summed E-state index contributed by atoms with van der Waals surface area (Å²) < 4.78 is 62.5. The summed E-state index contributed by atoms with van der Waals surface area (Å²) >= 11 is 0. The maximum atomic E-state index is 15.1. The van der Waals surface area contributed by atoms with E-state index < -0.39 is 61.9 Å². The highest BCUT2D eigenvalue weighted by Gasteiger charge is 2.69. The summed E-state index contributed by atoms with van der Waals surface area (Å²) in [6.07, 6.45) is 3.27. The third-order valence-electron chi connectivity index (χ3n) is 3.20. The Hall–Kier alpha value is 1.08. The molecule has 0 heterocycles. The Labute approximate surface area is 209 Å². The quantitative estimate of drug-likeness (QED) is 0.120. The standard InChI is InChI=1S/C19H50O7P2Si5/c1-17-18-19(22-29(2,3)4,27(20,23-30(5,6)7)24-31(8,9)10)28(21,25-32(11,12)13)26-33(14,15)16/h17-18H,1-16H3. The van der Waals surface area contributed by atoms with Gasteiger partial charge in [0.25, 0.3) is 5.08 Å². The second-order valence-corrected chi connectivity index (χ2v) is 41.1. The van der Waals surface area contributed by atoms with Crippen molar-refractivity contribution in [2.75, 3.05) is 0 Å². The number of allylic oxidation sites excluding steroid dienone is 1. The third-order valence-corrected chi connectivity index (χ3v) is 20.6. The van der Waals surface area contributed by atoms with Gasteiger partial charge in [-0.3, -0.25) is 9.13 Å². The highest BCUT2D eigenvalue weighted by Crippen LogP contribution is 2.81. The van der Waals surface area contributed by atoms with Gasteiger partial charge in [0.05, 0.1) is 0 Å². The molecule has 0 N–H and O–H groups in total. The molecule has 198 valence electrons. The monoisotopic (exact) mass is 592 g/mol. The molecule has 0 aromatic heterocycles. The zero-order valence-corrected chi connectivity index (χ0v) is 30.7. The number of rotatable bonds is 13. The molecule has 7 nitrogen and oxygen atoms in total. The van der Waals surface area contributed by atoms with Gasteiger partial charge in [-0.25, -0.2) is 0 Å². The summed E-state index contributed by atoms with van der Waals surface area (Å²) in [5.74, 6) is 0. The predicted molar refractivity (Wildman–Crippen MR) is 155 cm³/mol. The highest BCUT2D eigenvalue weighted by atomic mass is 31.2. The van der Waals surface area contributed by atoms with Gasteiger partial charge < -0.3 is 21.3 Å². The fraction of sp³-hybridized carbons (Fsp3) is 0.895. The molecule has 0 radical (unpaired) electrons. The Morgan fingerprint density at radius 2 is 0.758 bits per heavy atom. The number of hydrogen-bond acceptors (Lipinski definition) is 7. The van der Waals surface area contributed by atoms with Crippen molar-refractivity contribution in [2.45, 2.75) is 110 Å². The van der Waals surface area contributed by atoms with Crippen molar-refractivity contribution in [2.24, 2.45) is 0 Å². The maximum absolute atomic E-state index is 15.1. The number of hydrogen-bond donors (Lipinski definition) is 0. The zero-order chi connectivity index (χ0) is 26.9. The summed E-state index contributed by atoms with van der Waals surface area (Å²) in [5, 5.41) is -1.99. The Balaban J connectivity index is 7.76. The molecule has 0 aromatic rings. The first kappa shape index (κ1) is 34.1. The fourth-order valence-electron chi connectivity index (χ4n) is 2.89. The van der Waals surface area contributed by atoms with Crippen LogP contribution in [0.1, 0.15) is 6.92 Å². The molecule has 0 spiro atoms. The molecule has 0 aliphatic rings. The lowest BCUT2D eigenvalue weighted by atomic mass is 10.5. The predicted octanol–water partition coefficient (Wildman–Crippen LogP) is 8.86. The molecule has 0 aromatic carbocycles. The van der Waals surface area contributed by atoms with Gasteiger partial charge in [0.1, 0.15) is 0 Å². The van der Waals surface area contributed by atoms with E-state index in [2.05, 4.69) is 0 Å². The van der Waals surface area contributed by atoms with E-state index in [4.69, 9.17) is 21.3 Å². The van der Waals surface area contributed by atoms with E-state index in [1.54, 1.807) is 19.1 Å². The van der Waals surface area contributed by atoms with Crippen molar-refractivity contribution >= 4 is 56.8 Å². The summed E-state index contributed by atoms with van der Waals surface area (Å²) in [6, 6.07) is 0. The fourth-order valence-corrected chi connectivity index (χ4v) is 24.3. The average molecular weight is 593 g/mol. The van der Waals surface area contributed by atoms with E-state index in [9.17, 15) is 0 Å². The van der Waals surface area contributed by atoms with E-state index in [1.807, 2.05) is 98.2 Å². The lowest BCUT2D eigenvalue weighted by Gasteiger charge is -2.49. The molecule has 0 saturated heterocycles. The Morgan fingerprint density at radius 3 is 0.909 bits per heavy atom. The van der Waals surface area contributed by atoms with E-state index in [1.165, 1.54) is 0 Å². The molecular weight excluding hydrogens is 543 g/mol. The lowest BCUT2D eigenvalue weighted by molar-refractivity contribution is 0.189. The van der Waals surface area contributed by atoms with Crippen LogP contribution in [-0.4, -0.2) is 46.7 Å². The van der Waals surface area contributed by atoms with Crippen molar-refractivity contribution in [3.8, 4) is 0 Å². The molecule has 0 bridgehead atoms. The van der Waals surface area contributed by atoms with Gasteiger partial charge >= 0.3 is 15.2 Å². The maximum Gasteiger partial charge on any atom is 0.358 e. The van der Waals surface area contributed by atoms with Crippen LogP contribution in [0.2, 0.25) is 98.2 Å². The van der Waals surface area contributed by atoms with Crippen LogP contribution in [-0.2, 0) is 30.4 Å². The van der Waals surface area contributed by atoms with E-state index in [-0.39, 0.29) is 0 Å². The summed E-state index contributed by atoms with van der Waals surface area (Å²) in [4.78, 5) is 0. The normalized spacial score (nSPS) is 16.0. The van der Waals surface area contributed by atoms with Crippen molar-refractivity contribution in [1.29, 1.82) is 0 Å². The summed E-state index contributed by atoms with van der Waals surface area (Å²) in [5.41, 5.74) is 0. The zero-order valence-electron chi connectivity index (χ0n) is 23.9. The first-order valence-electron chi connectivity index (χ1n) is 11.5. The van der Waals surface area contributed by atoms with Crippen molar-refractivity contribution in [3.05, 3.63) is 12.2 Å². The van der Waals surface area contributed by atoms with Crippen LogP contribution in [0.15, 0.2) is 12.2 Å². The van der Waals surface area contributed by atoms with Crippen LogP contribution in [0.25, 0.3) is 0 Å². The summed E-state index contributed by atoms with van der Waals surface area (Å²) in [7, 11) is -20.9. The molecule has 14 heteroatoms. The van der Waals surface area contributed by atoms with Gasteiger partial charge in [-0.15, -0.1) is 0 Å². The second kappa shape index (κ2) is 10.8. The van der Waals surface area contributed by atoms with Gasteiger partial charge in [-0.05, 0) is 111 Å². The van der Waals surface area contributed by atoms with Gasteiger partial charge in [-0.1, -0.05) is 6.08 Å². The minimum absolute atomic E-state index is 1.58. The van der Waals surface area contributed by atoms with E-state index in [0.717, 1.165) is 0 Å². The molecule has 0 saturated carbocycles. The van der Waals surface area contributed by atoms with Gasteiger partial charge in [0.2, 0.25) is 0 Å². The lowest BCUT2D eigenvalue weighted by Crippen LogP contribution is -2.49. The molecule has 0 aliphatic heterocycles.